The van der Waals surface area contributed by atoms with E-state index >= 15 is 0 Å². The van der Waals surface area contributed by atoms with E-state index in [0.29, 0.717) is 16.7 Å². The minimum absolute atomic E-state index is 0.0132. The second-order valence-electron chi connectivity index (χ2n) is 7.24. The normalized spacial score (nSPS) is 12.1. The Labute approximate surface area is 204 Å². The number of nitrogens with zero attached hydrogens (tertiary/aromatic N) is 1. The topological polar surface area (TPSA) is 75.7 Å². The Morgan fingerprint density at radius 1 is 1.00 bits per heavy atom. The van der Waals surface area contributed by atoms with Crippen molar-refractivity contribution in [3.8, 4) is 5.75 Å². The van der Waals surface area contributed by atoms with Crippen LogP contribution in [-0.2, 0) is 14.8 Å². The average Bonchev–Trinajstić information content (AvgIpc) is 2.78. The van der Waals surface area contributed by atoms with E-state index in [1.54, 1.807) is 18.2 Å². The van der Waals surface area contributed by atoms with Gasteiger partial charge in [0.1, 0.15) is 12.3 Å². The zero-order valence-electron chi connectivity index (χ0n) is 18.2. The number of ether oxygens (including phenoxy) is 1. The van der Waals surface area contributed by atoms with Gasteiger partial charge in [-0.2, -0.15) is 0 Å². The predicted octanol–water partition coefficient (Wildman–Crippen LogP) is 5.46. The van der Waals surface area contributed by atoms with Gasteiger partial charge in [-0.15, -0.1) is 0 Å². The summed E-state index contributed by atoms with van der Waals surface area (Å²) in [5, 5.41) is 3.62. The van der Waals surface area contributed by atoms with Crippen LogP contribution in [0.25, 0.3) is 0 Å². The molecular weight excluding hydrogens is 483 g/mol. The molecule has 0 aliphatic rings. The van der Waals surface area contributed by atoms with Gasteiger partial charge in [-0.25, -0.2) is 8.42 Å². The number of nitrogens with one attached hydrogen (secondary N) is 1. The molecule has 3 aromatic carbocycles. The lowest BCUT2D eigenvalue weighted by Crippen LogP contribution is -2.41. The molecule has 0 fully saturated rings. The number of carbonyl (C=O) groups is 1. The minimum Gasteiger partial charge on any atom is -0.494 e. The molecule has 0 aliphatic heterocycles. The molecule has 1 atom stereocenters. The van der Waals surface area contributed by atoms with E-state index in [4.69, 9.17) is 27.9 Å². The summed E-state index contributed by atoms with van der Waals surface area (Å²) in [7, 11) is -4.06. The van der Waals surface area contributed by atoms with Gasteiger partial charge in [0.15, 0.2) is 0 Å². The van der Waals surface area contributed by atoms with Gasteiger partial charge in [0, 0.05) is 10.0 Å². The molecule has 0 radical (unpaired) electrons. The summed E-state index contributed by atoms with van der Waals surface area (Å²) >= 11 is 12.0. The second kappa shape index (κ2) is 10.9. The van der Waals surface area contributed by atoms with Crippen molar-refractivity contribution in [2.75, 3.05) is 17.5 Å². The lowest BCUT2D eigenvalue weighted by atomic mass is 10.1. The zero-order valence-corrected chi connectivity index (χ0v) is 20.5. The van der Waals surface area contributed by atoms with E-state index in [9.17, 15) is 13.2 Å². The highest BCUT2D eigenvalue weighted by atomic mass is 35.5. The SMILES string of the molecule is CCOc1ccc([C@H](C)NC(=O)CN(c2cccc(Cl)c2)S(=O)(=O)c2ccc(Cl)cc2)cc1. The van der Waals surface area contributed by atoms with Crippen molar-refractivity contribution >= 4 is 44.8 Å². The van der Waals surface area contributed by atoms with Gasteiger partial charge < -0.3 is 10.1 Å². The molecule has 3 aromatic rings. The highest BCUT2D eigenvalue weighted by molar-refractivity contribution is 7.92. The molecule has 6 nitrogen and oxygen atoms in total. The highest BCUT2D eigenvalue weighted by Gasteiger charge is 2.28. The van der Waals surface area contributed by atoms with Crippen molar-refractivity contribution in [3.05, 3.63) is 88.4 Å². The van der Waals surface area contributed by atoms with Crippen LogP contribution in [0.1, 0.15) is 25.5 Å². The quantitative estimate of drug-likeness (QED) is 0.417. The summed E-state index contributed by atoms with van der Waals surface area (Å²) in [5.74, 6) is 0.273. The summed E-state index contributed by atoms with van der Waals surface area (Å²) in [6.07, 6.45) is 0. The number of carbonyl (C=O) groups excluding carboxylic acids is 1. The summed E-state index contributed by atoms with van der Waals surface area (Å²) < 4.78 is 33.3. The van der Waals surface area contributed by atoms with Crippen molar-refractivity contribution in [2.24, 2.45) is 0 Å². The Morgan fingerprint density at radius 2 is 1.67 bits per heavy atom. The van der Waals surface area contributed by atoms with Crippen molar-refractivity contribution < 1.29 is 17.9 Å². The standard InChI is InChI=1S/C24H24Cl2N2O4S/c1-3-32-22-11-7-18(8-12-22)17(2)27-24(29)16-28(21-6-4-5-20(26)15-21)33(30,31)23-13-9-19(25)10-14-23/h4-15,17H,3,16H2,1-2H3,(H,27,29)/t17-/m0/s1. The fraction of sp³-hybridized carbons (Fsp3) is 0.208. The van der Waals surface area contributed by atoms with E-state index in [-0.39, 0.29) is 16.6 Å². The third-order valence-corrected chi connectivity index (χ3v) is 7.13. The third kappa shape index (κ3) is 6.41. The van der Waals surface area contributed by atoms with E-state index in [0.717, 1.165) is 15.6 Å². The van der Waals surface area contributed by atoms with Gasteiger partial charge in [0.2, 0.25) is 5.91 Å². The molecule has 0 aromatic heterocycles. The molecule has 0 saturated carbocycles. The van der Waals surface area contributed by atoms with Gasteiger partial charge in [0.25, 0.3) is 10.0 Å². The fourth-order valence-corrected chi connectivity index (χ4v) is 4.92. The number of hydrogen-bond acceptors (Lipinski definition) is 4. The molecule has 0 saturated heterocycles. The van der Waals surface area contributed by atoms with Crippen LogP contribution in [0.15, 0.2) is 77.7 Å². The smallest absolute Gasteiger partial charge is 0.264 e. The maximum absolute atomic E-state index is 13.4. The minimum atomic E-state index is -4.06. The Morgan fingerprint density at radius 3 is 2.27 bits per heavy atom. The van der Waals surface area contributed by atoms with Crippen molar-refractivity contribution in [2.45, 2.75) is 24.8 Å². The van der Waals surface area contributed by atoms with E-state index < -0.39 is 22.5 Å². The monoisotopic (exact) mass is 506 g/mol. The second-order valence-corrected chi connectivity index (χ2v) is 9.97. The van der Waals surface area contributed by atoms with Crippen LogP contribution in [0, 0.1) is 0 Å². The Kier molecular flexibility index (Phi) is 8.24. The number of halogens is 2. The first-order valence-corrected chi connectivity index (χ1v) is 12.5. The molecule has 1 N–H and O–H groups in total. The molecular formula is C24H24Cl2N2O4S. The van der Waals surface area contributed by atoms with E-state index in [2.05, 4.69) is 5.32 Å². The molecule has 0 heterocycles. The lowest BCUT2D eigenvalue weighted by Gasteiger charge is -2.25. The molecule has 3 rings (SSSR count). The van der Waals surface area contributed by atoms with Crippen molar-refractivity contribution in [1.29, 1.82) is 0 Å². The van der Waals surface area contributed by atoms with Crippen LogP contribution in [0.5, 0.6) is 5.75 Å². The van der Waals surface area contributed by atoms with Crippen LogP contribution in [0.4, 0.5) is 5.69 Å². The molecule has 0 unspecified atom stereocenters. The number of rotatable bonds is 9. The van der Waals surface area contributed by atoms with Crippen molar-refractivity contribution in [3.63, 3.8) is 0 Å². The van der Waals surface area contributed by atoms with Gasteiger partial charge >= 0.3 is 0 Å². The largest absolute Gasteiger partial charge is 0.494 e. The number of hydrogen-bond donors (Lipinski definition) is 1. The fourth-order valence-electron chi connectivity index (χ4n) is 3.20. The molecule has 0 bridgehead atoms. The Balaban J connectivity index is 1.84. The summed E-state index contributed by atoms with van der Waals surface area (Å²) in [4.78, 5) is 12.9. The number of sulfonamides is 1. The maximum Gasteiger partial charge on any atom is 0.264 e. The van der Waals surface area contributed by atoms with Crippen LogP contribution in [-0.4, -0.2) is 27.5 Å². The number of amides is 1. The predicted molar refractivity (Wildman–Crippen MR) is 132 cm³/mol. The maximum atomic E-state index is 13.4. The summed E-state index contributed by atoms with van der Waals surface area (Å²) in [5.41, 5.74) is 1.14. The Bertz CT molecular complexity index is 1200. The zero-order chi connectivity index (χ0) is 24.0. The lowest BCUT2D eigenvalue weighted by molar-refractivity contribution is -0.120. The van der Waals surface area contributed by atoms with E-state index in [1.807, 2.05) is 38.1 Å². The molecule has 1 amide bonds. The molecule has 174 valence electrons. The third-order valence-electron chi connectivity index (χ3n) is 4.85. The first-order valence-electron chi connectivity index (χ1n) is 10.3. The first-order chi connectivity index (χ1) is 15.7. The molecule has 9 heteroatoms. The average molecular weight is 507 g/mol. The van der Waals surface area contributed by atoms with Crippen LogP contribution in [0.3, 0.4) is 0 Å². The van der Waals surface area contributed by atoms with Gasteiger partial charge in [-0.05, 0) is 74.0 Å². The van der Waals surface area contributed by atoms with Crippen LogP contribution in [0.2, 0.25) is 10.0 Å². The van der Waals surface area contributed by atoms with Gasteiger partial charge in [-0.3, -0.25) is 9.10 Å². The van der Waals surface area contributed by atoms with Gasteiger partial charge in [0.05, 0.1) is 23.2 Å². The molecule has 0 spiro atoms. The van der Waals surface area contributed by atoms with Gasteiger partial charge in [-0.1, -0.05) is 41.4 Å². The summed E-state index contributed by atoms with van der Waals surface area (Å²) in [6, 6.07) is 19.1. The molecule has 33 heavy (non-hydrogen) atoms. The first kappa shape index (κ1) is 24.9. The van der Waals surface area contributed by atoms with E-state index in [1.165, 1.54) is 30.3 Å². The Hall–Kier alpha value is -2.74. The summed E-state index contributed by atoms with van der Waals surface area (Å²) in [6.45, 7) is 3.87. The number of benzene rings is 3. The number of anilines is 1. The van der Waals surface area contributed by atoms with Crippen LogP contribution < -0.4 is 14.4 Å². The highest BCUT2D eigenvalue weighted by Crippen LogP contribution is 2.27. The van der Waals surface area contributed by atoms with Crippen LogP contribution >= 0.6 is 23.2 Å². The molecule has 0 aliphatic carbocycles. The van der Waals surface area contributed by atoms with Crippen molar-refractivity contribution in [1.82, 2.24) is 5.32 Å².